The van der Waals surface area contributed by atoms with Gasteiger partial charge in [0.15, 0.2) is 0 Å². The fraction of sp³-hybridized carbons (Fsp3) is 0.812. The molecule has 0 aromatic carbocycles. The molecule has 0 saturated heterocycles. The van der Waals surface area contributed by atoms with Crippen LogP contribution < -0.4 is 0 Å². The third kappa shape index (κ3) is 28.7. The molecule has 0 bridgehead atoms. The van der Waals surface area contributed by atoms with Crippen molar-refractivity contribution in [2.75, 3.05) is 0 Å². The molecule has 0 atom stereocenters. The Morgan fingerprint density at radius 2 is 0.833 bits per heavy atom. The first-order chi connectivity index (χ1) is 17.6. The van der Waals surface area contributed by atoms with Crippen molar-refractivity contribution in [3.05, 3.63) is 23.8 Å². The molecule has 4 heteroatoms. The summed E-state index contributed by atoms with van der Waals surface area (Å²) in [5.41, 5.74) is 1.68. The third-order valence-electron chi connectivity index (χ3n) is 6.93. The van der Waals surface area contributed by atoms with E-state index in [-0.39, 0.29) is 0 Å². The van der Waals surface area contributed by atoms with Crippen LogP contribution in [0.4, 0.5) is 0 Å². The van der Waals surface area contributed by atoms with Gasteiger partial charge >= 0.3 is 11.9 Å². The Kier molecular flexibility index (Phi) is 26.8. The van der Waals surface area contributed by atoms with Crippen LogP contribution in [0.25, 0.3) is 0 Å². The smallest absolute Gasteiger partial charge is 0.303 e. The molecule has 0 spiro atoms. The first-order valence-electron chi connectivity index (χ1n) is 15.3. The summed E-state index contributed by atoms with van der Waals surface area (Å²) in [6, 6.07) is 0. The summed E-state index contributed by atoms with van der Waals surface area (Å²) in [7, 11) is 0. The Balaban J connectivity index is 3.81. The number of carboxylic acids is 2. The van der Waals surface area contributed by atoms with Gasteiger partial charge in [-0.15, -0.1) is 0 Å². The number of unbranched alkanes of at least 4 members (excludes halogenated alkanes) is 17. The Bertz CT molecular complexity index is 565. The van der Waals surface area contributed by atoms with Crippen LogP contribution in [-0.4, -0.2) is 22.2 Å². The largest absolute Gasteiger partial charge is 0.481 e. The number of carbonyl (C=O) groups is 2. The minimum Gasteiger partial charge on any atom is -0.481 e. The molecule has 2 N–H and O–H groups in total. The van der Waals surface area contributed by atoms with Gasteiger partial charge in [0.25, 0.3) is 0 Å². The van der Waals surface area contributed by atoms with Gasteiger partial charge in [-0.25, -0.2) is 0 Å². The lowest BCUT2D eigenvalue weighted by Gasteiger charge is -2.08. The van der Waals surface area contributed by atoms with E-state index in [0.717, 1.165) is 44.9 Å². The quantitative estimate of drug-likeness (QED) is 0.0817. The molecule has 0 radical (unpaired) electrons. The van der Waals surface area contributed by atoms with E-state index >= 15 is 0 Å². The summed E-state index contributed by atoms with van der Waals surface area (Å²) >= 11 is 0. The Labute approximate surface area is 223 Å². The van der Waals surface area contributed by atoms with Crippen molar-refractivity contribution >= 4 is 11.9 Å². The molecule has 36 heavy (non-hydrogen) atoms. The molecule has 0 fully saturated rings. The summed E-state index contributed by atoms with van der Waals surface area (Å²) in [6.07, 6.45) is 35.5. The van der Waals surface area contributed by atoms with E-state index in [2.05, 4.69) is 25.2 Å². The van der Waals surface area contributed by atoms with Crippen LogP contribution in [-0.2, 0) is 9.59 Å². The third-order valence-corrected chi connectivity index (χ3v) is 6.93. The van der Waals surface area contributed by atoms with Crippen molar-refractivity contribution in [3.8, 4) is 0 Å². The lowest BCUT2D eigenvalue weighted by molar-refractivity contribution is -0.138. The summed E-state index contributed by atoms with van der Waals surface area (Å²) in [6.45, 7) is 2.27. The zero-order valence-corrected chi connectivity index (χ0v) is 23.6. The number of carboxylic acid groups (broad SMARTS) is 2. The Hall–Kier alpha value is -1.58. The van der Waals surface area contributed by atoms with Gasteiger partial charge in [-0.3, -0.25) is 9.59 Å². The monoisotopic (exact) mass is 506 g/mol. The Morgan fingerprint density at radius 3 is 1.28 bits per heavy atom. The van der Waals surface area contributed by atoms with Crippen LogP contribution in [0.1, 0.15) is 167 Å². The van der Waals surface area contributed by atoms with E-state index in [1.54, 1.807) is 5.57 Å². The molecule has 0 aromatic rings. The molecule has 0 aliphatic rings. The average molecular weight is 507 g/mol. The van der Waals surface area contributed by atoms with E-state index in [0.29, 0.717) is 12.8 Å². The number of aliphatic carboxylic acids is 2. The summed E-state index contributed by atoms with van der Waals surface area (Å²) in [5.74, 6) is -1.34. The highest BCUT2D eigenvalue weighted by Gasteiger charge is 2.01. The minimum atomic E-state index is -0.674. The zero-order chi connectivity index (χ0) is 26.5. The lowest BCUT2D eigenvalue weighted by atomic mass is 9.98. The maximum absolute atomic E-state index is 10.6. The topological polar surface area (TPSA) is 74.6 Å². The molecular formula is C32H58O4. The van der Waals surface area contributed by atoms with Gasteiger partial charge in [0, 0.05) is 12.8 Å². The lowest BCUT2D eigenvalue weighted by Crippen LogP contribution is -1.93. The van der Waals surface area contributed by atoms with Gasteiger partial charge in [0.2, 0.25) is 0 Å². The second kappa shape index (κ2) is 28.0. The summed E-state index contributed by atoms with van der Waals surface area (Å²) < 4.78 is 0. The van der Waals surface area contributed by atoms with Crippen LogP contribution >= 0.6 is 0 Å². The first kappa shape index (κ1) is 34.4. The molecule has 0 saturated carbocycles. The molecule has 0 amide bonds. The Morgan fingerprint density at radius 1 is 0.472 bits per heavy atom. The van der Waals surface area contributed by atoms with Crippen LogP contribution in [0.3, 0.4) is 0 Å². The molecule has 0 unspecified atom stereocenters. The molecule has 0 aliphatic heterocycles. The second-order valence-corrected chi connectivity index (χ2v) is 10.5. The fourth-order valence-electron chi connectivity index (χ4n) is 4.64. The molecule has 0 heterocycles. The van der Waals surface area contributed by atoms with Gasteiger partial charge < -0.3 is 10.2 Å². The first-order valence-corrected chi connectivity index (χ1v) is 15.3. The van der Waals surface area contributed by atoms with E-state index in [4.69, 9.17) is 10.2 Å². The number of rotatable bonds is 28. The molecule has 0 aliphatic carbocycles. The molecular weight excluding hydrogens is 448 g/mol. The standard InChI is InChI=1S/C32H58O4/c1-2-3-4-20-25-30(27-22-17-14-15-19-24-29-32(35)36)26-21-16-12-10-8-6-5-7-9-11-13-18-23-28-31(33)34/h5-6,27H,2-4,7-26,28-29H2,1H3,(H,33,34)(H,35,36). The minimum absolute atomic E-state index is 0.315. The zero-order valence-electron chi connectivity index (χ0n) is 23.6. The van der Waals surface area contributed by atoms with Gasteiger partial charge in [-0.1, -0.05) is 101 Å². The van der Waals surface area contributed by atoms with E-state index in [1.807, 2.05) is 0 Å². The molecule has 4 nitrogen and oxygen atoms in total. The number of allylic oxidation sites excluding steroid dienone is 4. The highest BCUT2D eigenvalue weighted by atomic mass is 16.4. The second-order valence-electron chi connectivity index (χ2n) is 10.5. The SMILES string of the molecule is CCCCCCC(=CCCCCCCCC(=O)O)CCCCCCC=CCCCCCCCC(=O)O. The van der Waals surface area contributed by atoms with Crippen molar-refractivity contribution < 1.29 is 19.8 Å². The number of hydrogen-bond donors (Lipinski definition) is 2. The van der Waals surface area contributed by atoms with Crippen molar-refractivity contribution in [2.24, 2.45) is 0 Å². The van der Waals surface area contributed by atoms with E-state index in [9.17, 15) is 9.59 Å². The van der Waals surface area contributed by atoms with Crippen molar-refractivity contribution in [1.82, 2.24) is 0 Å². The van der Waals surface area contributed by atoms with Crippen LogP contribution in [0.15, 0.2) is 23.8 Å². The van der Waals surface area contributed by atoms with Crippen molar-refractivity contribution in [2.45, 2.75) is 167 Å². The van der Waals surface area contributed by atoms with Gasteiger partial charge in [-0.2, -0.15) is 0 Å². The fourth-order valence-corrected chi connectivity index (χ4v) is 4.64. The van der Waals surface area contributed by atoms with Crippen LogP contribution in [0.5, 0.6) is 0 Å². The normalized spacial score (nSPS) is 12.0. The highest BCUT2D eigenvalue weighted by molar-refractivity contribution is 5.66. The maximum atomic E-state index is 10.6. The van der Waals surface area contributed by atoms with Crippen molar-refractivity contribution in [1.29, 1.82) is 0 Å². The van der Waals surface area contributed by atoms with Gasteiger partial charge in [0.05, 0.1) is 0 Å². The van der Waals surface area contributed by atoms with Crippen molar-refractivity contribution in [3.63, 3.8) is 0 Å². The van der Waals surface area contributed by atoms with Crippen LogP contribution in [0.2, 0.25) is 0 Å². The maximum Gasteiger partial charge on any atom is 0.303 e. The van der Waals surface area contributed by atoms with E-state index in [1.165, 1.54) is 103 Å². The average Bonchev–Trinajstić information content (AvgIpc) is 2.84. The summed E-state index contributed by atoms with van der Waals surface area (Å²) in [5, 5.41) is 17.3. The van der Waals surface area contributed by atoms with Crippen LogP contribution in [0, 0.1) is 0 Å². The van der Waals surface area contributed by atoms with Gasteiger partial charge in [-0.05, 0) is 77.0 Å². The number of hydrogen-bond acceptors (Lipinski definition) is 2. The predicted octanol–water partition coefficient (Wildman–Crippen LogP) is 10.4. The molecule has 210 valence electrons. The predicted molar refractivity (Wildman–Crippen MR) is 154 cm³/mol. The molecule has 0 aromatic heterocycles. The van der Waals surface area contributed by atoms with Gasteiger partial charge in [0.1, 0.15) is 0 Å². The highest BCUT2D eigenvalue weighted by Crippen LogP contribution is 2.20. The summed E-state index contributed by atoms with van der Waals surface area (Å²) in [4.78, 5) is 21.0. The van der Waals surface area contributed by atoms with E-state index < -0.39 is 11.9 Å². The molecule has 0 rings (SSSR count).